The number of ether oxygens (including phenoxy) is 1. The molecular weight excluding hydrogens is 242 g/mol. The number of methoxy groups -OCH3 is 1. The van der Waals surface area contributed by atoms with Gasteiger partial charge in [0.25, 0.3) is 5.91 Å². The van der Waals surface area contributed by atoms with E-state index in [0.717, 1.165) is 18.7 Å². The van der Waals surface area contributed by atoms with E-state index in [9.17, 15) is 4.79 Å². The fraction of sp³-hybridized carbons (Fsp3) is 0.571. The average Bonchev–Trinajstić information content (AvgIpc) is 2.46. The standard InChI is InChI=1S/C14H23N3O2/c1-4-7-15-12-6-8-16-13(11-12)14(18)17(5-2)9-10-19-3/h6,8,11H,4-5,7,9-10H2,1-3H3,(H,15,16). The molecule has 1 rings (SSSR count). The normalized spacial score (nSPS) is 10.3. The number of carbonyl (C=O) groups excluding carboxylic acids is 1. The molecule has 0 fully saturated rings. The molecule has 0 saturated carbocycles. The minimum Gasteiger partial charge on any atom is -0.385 e. The van der Waals surface area contributed by atoms with Crippen LogP contribution in [0.4, 0.5) is 5.69 Å². The second-order valence-corrected chi connectivity index (χ2v) is 4.23. The summed E-state index contributed by atoms with van der Waals surface area (Å²) in [6, 6.07) is 3.67. The summed E-state index contributed by atoms with van der Waals surface area (Å²) >= 11 is 0. The third-order valence-corrected chi connectivity index (χ3v) is 2.79. The molecular formula is C14H23N3O2. The zero-order chi connectivity index (χ0) is 14.1. The molecule has 0 aliphatic carbocycles. The van der Waals surface area contributed by atoms with Crippen LogP contribution in [0.2, 0.25) is 0 Å². The van der Waals surface area contributed by atoms with Gasteiger partial charge in [0.1, 0.15) is 5.69 Å². The lowest BCUT2D eigenvalue weighted by Crippen LogP contribution is -2.34. The monoisotopic (exact) mass is 265 g/mol. The summed E-state index contributed by atoms with van der Waals surface area (Å²) in [5, 5.41) is 3.25. The van der Waals surface area contributed by atoms with Crippen molar-refractivity contribution in [3.8, 4) is 0 Å². The first-order chi connectivity index (χ1) is 9.22. The molecule has 0 bridgehead atoms. The smallest absolute Gasteiger partial charge is 0.272 e. The van der Waals surface area contributed by atoms with Crippen LogP contribution in [0.25, 0.3) is 0 Å². The number of rotatable bonds is 8. The summed E-state index contributed by atoms with van der Waals surface area (Å²) in [6.07, 6.45) is 2.70. The van der Waals surface area contributed by atoms with E-state index >= 15 is 0 Å². The summed E-state index contributed by atoms with van der Waals surface area (Å²) in [5.41, 5.74) is 1.40. The molecule has 5 nitrogen and oxygen atoms in total. The highest BCUT2D eigenvalue weighted by Gasteiger charge is 2.15. The second-order valence-electron chi connectivity index (χ2n) is 4.23. The molecule has 1 aromatic rings. The van der Waals surface area contributed by atoms with Crippen molar-refractivity contribution >= 4 is 11.6 Å². The van der Waals surface area contributed by atoms with Crippen molar-refractivity contribution in [2.45, 2.75) is 20.3 Å². The molecule has 0 radical (unpaired) electrons. The van der Waals surface area contributed by atoms with E-state index in [1.54, 1.807) is 24.3 Å². The fourth-order valence-electron chi connectivity index (χ4n) is 1.69. The number of nitrogens with zero attached hydrogens (tertiary/aromatic N) is 2. The van der Waals surface area contributed by atoms with Crippen LogP contribution in [-0.4, -0.2) is 49.1 Å². The Hall–Kier alpha value is -1.62. The quantitative estimate of drug-likeness (QED) is 0.781. The molecule has 1 aromatic heterocycles. The molecule has 1 N–H and O–H groups in total. The lowest BCUT2D eigenvalue weighted by atomic mass is 10.2. The van der Waals surface area contributed by atoms with Crippen LogP contribution >= 0.6 is 0 Å². The van der Waals surface area contributed by atoms with E-state index in [0.29, 0.717) is 25.4 Å². The Bertz CT molecular complexity index is 396. The SMILES string of the molecule is CCCNc1ccnc(C(=O)N(CC)CCOC)c1. The fourth-order valence-corrected chi connectivity index (χ4v) is 1.69. The van der Waals surface area contributed by atoms with Crippen LogP contribution in [0, 0.1) is 0 Å². The van der Waals surface area contributed by atoms with Crippen LogP contribution in [-0.2, 0) is 4.74 Å². The minimum absolute atomic E-state index is 0.0558. The van der Waals surface area contributed by atoms with Crippen LogP contribution < -0.4 is 5.32 Å². The van der Waals surface area contributed by atoms with Gasteiger partial charge < -0.3 is 15.0 Å². The van der Waals surface area contributed by atoms with E-state index in [2.05, 4.69) is 17.2 Å². The van der Waals surface area contributed by atoms with Crippen molar-refractivity contribution in [1.29, 1.82) is 0 Å². The largest absolute Gasteiger partial charge is 0.385 e. The van der Waals surface area contributed by atoms with Gasteiger partial charge in [-0.1, -0.05) is 6.92 Å². The van der Waals surface area contributed by atoms with E-state index in [1.165, 1.54) is 0 Å². The van der Waals surface area contributed by atoms with Crippen molar-refractivity contribution in [2.24, 2.45) is 0 Å². The Morgan fingerprint density at radius 2 is 2.26 bits per heavy atom. The molecule has 1 amide bonds. The van der Waals surface area contributed by atoms with Gasteiger partial charge in [-0.15, -0.1) is 0 Å². The number of hydrogen-bond donors (Lipinski definition) is 1. The third kappa shape index (κ3) is 4.87. The summed E-state index contributed by atoms with van der Waals surface area (Å²) in [5.74, 6) is -0.0558. The number of amides is 1. The van der Waals surface area contributed by atoms with Crippen molar-refractivity contribution in [3.63, 3.8) is 0 Å². The van der Waals surface area contributed by atoms with Crippen LogP contribution in [0.15, 0.2) is 18.3 Å². The predicted octanol–water partition coefficient (Wildman–Crippen LogP) is 2.01. The third-order valence-electron chi connectivity index (χ3n) is 2.79. The van der Waals surface area contributed by atoms with Gasteiger partial charge in [-0.2, -0.15) is 0 Å². The molecule has 0 atom stereocenters. The summed E-state index contributed by atoms with van der Waals surface area (Å²) in [6.45, 7) is 6.71. The maximum absolute atomic E-state index is 12.3. The molecule has 0 aliphatic rings. The zero-order valence-corrected chi connectivity index (χ0v) is 12.0. The lowest BCUT2D eigenvalue weighted by Gasteiger charge is -2.20. The molecule has 0 unspecified atom stereocenters. The van der Waals surface area contributed by atoms with E-state index in [1.807, 2.05) is 13.0 Å². The molecule has 5 heteroatoms. The maximum atomic E-state index is 12.3. The van der Waals surface area contributed by atoms with Gasteiger partial charge in [-0.25, -0.2) is 0 Å². The predicted molar refractivity (Wildman–Crippen MR) is 76.5 cm³/mol. The van der Waals surface area contributed by atoms with Gasteiger partial charge in [-0.05, 0) is 25.5 Å². The highest BCUT2D eigenvalue weighted by Crippen LogP contribution is 2.10. The molecule has 0 aromatic carbocycles. The Morgan fingerprint density at radius 3 is 2.89 bits per heavy atom. The number of pyridine rings is 1. The van der Waals surface area contributed by atoms with Gasteiger partial charge in [0, 0.05) is 38.6 Å². The maximum Gasteiger partial charge on any atom is 0.272 e. The van der Waals surface area contributed by atoms with Gasteiger partial charge in [0.05, 0.1) is 6.61 Å². The number of anilines is 1. The van der Waals surface area contributed by atoms with Gasteiger partial charge in [0.2, 0.25) is 0 Å². The Labute approximate surface area is 115 Å². The lowest BCUT2D eigenvalue weighted by molar-refractivity contribution is 0.0701. The Balaban J connectivity index is 2.74. The van der Waals surface area contributed by atoms with E-state index < -0.39 is 0 Å². The van der Waals surface area contributed by atoms with E-state index in [4.69, 9.17) is 4.74 Å². The van der Waals surface area contributed by atoms with Crippen LogP contribution in [0.1, 0.15) is 30.8 Å². The molecule has 0 saturated heterocycles. The van der Waals surface area contributed by atoms with Crippen molar-refractivity contribution in [1.82, 2.24) is 9.88 Å². The van der Waals surface area contributed by atoms with Crippen LogP contribution in [0.5, 0.6) is 0 Å². The first kappa shape index (κ1) is 15.4. The molecule has 0 spiro atoms. The number of nitrogens with one attached hydrogen (secondary N) is 1. The van der Waals surface area contributed by atoms with Crippen molar-refractivity contribution < 1.29 is 9.53 Å². The molecule has 19 heavy (non-hydrogen) atoms. The second kappa shape index (κ2) is 8.48. The number of carbonyl (C=O) groups is 1. The number of hydrogen-bond acceptors (Lipinski definition) is 4. The summed E-state index contributed by atoms with van der Waals surface area (Å²) in [7, 11) is 1.63. The highest BCUT2D eigenvalue weighted by atomic mass is 16.5. The summed E-state index contributed by atoms with van der Waals surface area (Å²) in [4.78, 5) is 18.2. The van der Waals surface area contributed by atoms with Crippen LogP contribution in [0.3, 0.4) is 0 Å². The van der Waals surface area contributed by atoms with Crippen molar-refractivity contribution in [2.75, 3.05) is 38.7 Å². The van der Waals surface area contributed by atoms with E-state index in [-0.39, 0.29) is 5.91 Å². The average molecular weight is 265 g/mol. The van der Waals surface area contributed by atoms with Gasteiger partial charge in [0.15, 0.2) is 0 Å². The Morgan fingerprint density at radius 1 is 1.47 bits per heavy atom. The number of likely N-dealkylation sites (N-methyl/N-ethyl adjacent to an activating group) is 1. The zero-order valence-electron chi connectivity index (χ0n) is 12.0. The Kier molecular flexibility index (Phi) is 6.89. The van der Waals surface area contributed by atoms with Crippen molar-refractivity contribution in [3.05, 3.63) is 24.0 Å². The minimum atomic E-state index is -0.0558. The number of aromatic nitrogens is 1. The topological polar surface area (TPSA) is 54.5 Å². The highest BCUT2D eigenvalue weighted by molar-refractivity contribution is 5.93. The molecule has 1 heterocycles. The first-order valence-corrected chi connectivity index (χ1v) is 6.71. The summed E-state index contributed by atoms with van der Waals surface area (Å²) < 4.78 is 5.01. The first-order valence-electron chi connectivity index (χ1n) is 6.71. The van der Waals surface area contributed by atoms with Gasteiger partial charge >= 0.3 is 0 Å². The molecule has 0 aliphatic heterocycles. The van der Waals surface area contributed by atoms with Gasteiger partial charge in [-0.3, -0.25) is 9.78 Å². The molecule has 106 valence electrons.